The van der Waals surface area contributed by atoms with Gasteiger partial charge in [-0.3, -0.25) is 9.69 Å². The highest BCUT2D eigenvalue weighted by molar-refractivity contribution is 5.69. The van der Waals surface area contributed by atoms with E-state index in [1.165, 1.54) is 231 Å². The van der Waals surface area contributed by atoms with Gasteiger partial charge < -0.3 is 29.0 Å². The van der Waals surface area contributed by atoms with Crippen LogP contribution in [0.15, 0.2) is 0 Å². The summed E-state index contributed by atoms with van der Waals surface area (Å²) in [4.78, 5) is 18.0. The number of rotatable bonds is 58. The van der Waals surface area contributed by atoms with E-state index in [1.807, 2.05) is 0 Å². The Morgan fingerprint density at radius 2 is 0.616 bits per heavy atom. The molecule has 1 heterocycles. The second kappa shape index (κ2) is 53.2. The molecular weight excluding hydrogens is 905 g/mol. The largest absolute Gasteiger partial charge is 0.465 e. The summed E-state index contributed by atoms with van der Waals surface area (Å²) in [6, 6.07) is 0. The minimum absolute atomic E-state index is 0.146. The van der Waals surface area contributed by atoms with Crippen LogP contribution in [-0.4, -0.2) is 113 Å². The molecule has 0 aromatic carbocycles. The highest BCUT2D eigenvalue weighted by atomic mass is 16.5. The van der Waals surface area contributed by atoms with Gasteiger partial charge >= 0.3 is 5.97 Å². The molecule has 1 N–H and O–H groups in total. The Labute approximate surface area is 456 Å². The molecule has 0 spiro atoms. The minimum atomic E-state index is -0.525. The van der Waals surface area contributed by atoms with E-state index >= 15 is 0 Å². The van der Waals surface area contributed by atoms with Crippen molar-refractivity contribution in [2.45, 2.75) is 298 Å². The first-order chi connectivity index (χ1) is 35.7. The van der Waals surface area contributed by atoms with Gasteiger partial charge in [0.2, 0.25) is 0 Å². The van der Waals surface area contributed by atoms with Gasteiger partial charge in [-0.15, -0.1) is 0 Å². The highest BCUT2D eigenvalue weighted by Gasteiger charge is 2.34. The van der Waals surface area contributed by atoms with Crippen molar-refractivity contribution in [2.75, 3.05) is 92.1 Å². The second-order valence-corrected chi connectivity index (χ2v) is 24.8. The number of nitrogens with zero attached hydrogens (tertiary/aromatic N) is 2. The van der Waals surface area contributed by atoms with Crippen LogP contribution in [0.1, 0.15) is 298 Å². The minimum Gasteiger partial charge on any atom is -0.465 e. The van der Waals surface area contributed by atoms with E-state index < -0.39 is 5.41 Å². The summed E-state index contributed by atoms with van der Waals surface area (Å²) in [7, 11) is 0. The Kier molecular flexibility index (Phi) is 51.2. The molecular formula is C65H130N2O6. The number of unbranched alkanes of at least 4 members (excludes halogenated alkanes) is 33. The molecule has 0 unspecified atom stereocenters. The molecule has 8 nitrogen and oxygen atoms in total. The molecule has 436 valence electrons. The van der Waals surface area contributed by atoms with Gasteiger partial charge in [0.25, 0.3) is 0 Å². The maximum atomic E-state index is 13.4. The van der Waals surface area contributed by atoms with Crippen molar-refractivity contribution >= 4 is 5.97 Å². The van der Waals surface area contributed by atoms with Crippen LogP contribution < -0.4 is 0 Å². The summed E-state index contributed by atoms with van der Waals surface area (Å²) in [5.41, 5.74) is -0.525. The quantitative estimate of drug-likeness (QED) is 0.0477. The Morgan fingerprint density at radius 1 is 0.370 bits per heavy atom. The van der Waals surface area contributed by atoms with Crippen molar-refractivity contribution in [3.63, 3.8) is 0 Å². The fourth-order valence-corrected chi connectivity index (χ4v) is 10.6. The van der Waals surface area contributed by atoms with Crippen molar-refractivity contribution in [3.8, 4) is 0 Å². The lowest BCUT2D eigenvalue weighted by Crippen LogP contribution is -2.47. The smallest absolute Gasteiger partial charge is 0.307 e. The standard InChI is InChI=1S/C65H130N2O6/c1-61(2)43-37-31-25-19-13-7-10-16-22-28-34-40-54-70-57-65(60-73-64(69)46-47-66-48-50-67(51-49-66)52-53-68,58-71-55-41-35-29-23-17-11-8-14-20-26-32-38-44-62(3)4)59-72-56-42-36-30-24-18-12-9-15-21-27-33-39-45-63(5)6/h61-63,68H,7-60H2,1-6H3. The summed E-state index contributed by atoms with van der Waals surface area (Å²) in [6.07, 6.45) is 52.7. The van der Waals surface area contributed by atoms with Crippen LogP contribution >= 0.6 is 0 Å². The van der Waals surface area contributed by atoms with Gasteiger partial charge in [0.05, 0.1) is 38.3 Å². The van der Waals surface area contributed by atoms with Gasteiger partial charge in [0.1, 0.15) is 6.61 Å². The third-order valence-electron chi connectivity index (χ3n) is 15.7. The Hall–Kier alpha value is -0.770. The summed E-state index contributed by atoms with van der Waals surface area (Å²) < 4.78 is 25.7. The normalized spacial score (nSPS) is 13.9. The zero-order valence-electron chi connectivity index (χ0n) is 50.3. The monoisotopic (exact) mass is 1030 g/mol. The molecule has 1 aliphatic heterocycles. The van der Waals surface area contributed by atoms with Gasteiger partial charge in [-0.05, 0) is 37.0 Å². The zero-order chi connectivity index (χ0) is 53.0. The topological polar surface area (TPSA) is 80.7 Å². The zero-order valence-corrected chi connectivity index (χ0v) is 50.3. The molecule has 0 saturated carbocycles. The molecule has 0 aromatic heterocycles. The first-order valence-corrected chi connectivity index (χ1v) is 32.6. The number of aliphatic hydroxyl groups excluding tert-OH is 1. The Morgan fingerprint density at radius 3 is 0.877 bits per heavy atom. The van der Waals surface area contributed by atoms with Crippen molar-refractivity contribution in [1.82, 2.24) is 9.80 Å². The van der Waals surface area contributed by atoms with Gasteiger partial charge in [-0.1, -0.05) is 273 Å². The van der Waals surface area contributed by atoms with Crippen LogP contribution in [-0.2, 0) is 23.7 Å². The molecule has 1 aliphatic rings. The van der Waals surface area contributed by atoms with E-state index in [0.29, 0.717) is 32.8 Å². The number of hydrogen-bond acceptors (Lipinski definition) is 8. The molecule has 0 atom stereocenters. The second-order valence-electron chi connectivity index (χ2n) is 24.8. The molecule has 0 radical (unpaired) electrons. The Bertz CT molecular complexity index is 1010. The van der Waals surface area contributed by atoms with Gasteiger partial charge in [0.15, 0.2) is 0 Å². The summed E-state index contributed by atoms with van der Waals surface area (Å²) in [6.45, 7) is 23.3. The third kappa shape index (κ3) is 49.3. The molecule has 1 saturated heterocycles. The van der Waals surface area contributed by atoms with Crippen molar-refractivity contribution in [1.29, 1.82) is 0 Å². The molecule has 0 aromatic rings. The number of carbonyl (C=O) groups excluding carboxylic acids is 1. The van der Waals surface area contributed by atoms with Crippen molar-refractivity contribution in [3.05, 3.63) is 0 Å². The average Bonchev–Trinajstić information content (AvgIpc) is 3.37. The molecule has 0 amide bonds. The van der Waals surface area contributed by atoms with E-state index in [4.69, 9.17) is 18.9 Å². The lowest BCUT2D eigenvalue weighted by Gasteiger charge is -2.34. The van der Waals surface area contributed by atoms with Crippen LogP contribution in [0.25, 0.3) is 0 Å². The molecule has 8 heteroatoms. The third-order valence-corrected chi connectivity index (χ3v) is 15.7. The van der Waals surface area contributed by atoms with Crippen LogP contribution in [0.2, 0.25) is 0 Å². The number of ether oxygens (including phenoxy) is 4. The van der Waals surface area contributed by atoms with Gasteiger partial charge in [0, 0.05) is 59.1 Å². The summed E-state index contributed by atoms with van der Waals surface area (Å²) >= 11 is 0. The number of aliphatic hydroxyl groups is 1. The molecule has 1 rings (SSSR count). The number of esters is 1. The van der Waals surface area contributed by atoms with Crippen molar-refractivity contribution < 1.29 is 28.8 Å². The summed E-state index contributed by atoms with van der Waals surface area (Å²) in [5.74, 6) is 2.39. The Balaban J connectivity index is 2.64. The van der Waals surface area contributed by atoms with Gasteiger partial charge in [-0.2, -0.15) is 0 Å². The van der Waals surface area contributed by atoms with Crippen LogP contribution in [0.4, 0.5) is 0 Å². The molecule has 1 fully saturated rings. The van der Waals surface area contributed by atoms with E-state index in [9.17, 15) is 9.90 Å². The average molecular weight is 1040 g/mol. The SMILES string of the molecule is CC(C)CCCCCCCCCCCCCCOCC(COCCCCCCCCCCCCCCC(C)C)(COCCCCCCCCCCCCCCC(C)C)COC(=O)CCN1CCN(CCO)CC1. The highest BCUT2D eigenvalue weighted by Crippen LogP contribution is 2.24. The maximum absolute atomic E-state index is 13.4. The van der Waals surface area contributed by atoms with E-state index in [1.54, 1.807) is 0 Å². The molecule has 73 heavy (non-hydrogen) atoms. The summed E-state index contributed by atoms with van der Waals surface area (Å²) in [5, 5.41) is 9.36. The van der Waals surface area contributed by atoms with Crippen LogP contribution in [0, 0.1) is 23.2 Å². The maximum Gasteiger partial charge on any atom is 0.307 e. The van der Waals surface area contributed by atoms with E-state index in [-0.39, 0.29) is 19.2 Å². The van der Waals surface area contributed by atoms with Crippen LogP contribution in [0.3, 0.4) is 0 Å². The number of hydrogen-bond donors (Lipinski definition) is 1. The van der Waals surface area contributed by atoms with E-state index in [0.717, 1.165) is 89.6 Å². The number of piperazine rings is 1. The molecule has 0 bridgehead atoms. The van der Waals surface area contributed by atoms with Crippen molar-refractivity contribution in [2.24, 2.45) is 23.2 Å². The first-order valence-electron chi connectivity index (χ1n) is 32.6. The van der Waals surface area contributed by atoms with E-state index in [2.05, 4.69) is 51.3 Å². The fourth-order valence-electron chi connectivity index (χ4n) is 10.6. The lowest BCUT2D eigenvalue weighted by atomic mass is 9.92. The molecule has 0 aliphatic carbocycles. The fraction of sp³-hybridized carbons (Fsp3) is 0.985. The number of carbonyl (C=O) groups is 1. The van der Waals surface area contributed by atoms with Crippen LogP contribution in [0.5, 0.6) is 0 Å². The predicted molar refractivity (Wildman–Crippen MR) is 315 cm³/mol. The predicted octanol–water partition coefficient (Wildman–Crippen LogP) is 17.7. The van der Waals surface area contributed by atoms with Gasteiger partial charge in [-0.25, -0.2) is 0 Å². The number of β-amino-alcohol motifs (C(OH)–C–C–N with tert-alkyl or cyclic N) is 1. The lowest BCUT2D eigenvalue weighted by molar-refractivity contribution is -0.156. The first kappa shape index (κ1) is 70.2.